The quantitative estimate of drug-likeness (QED) is 0.502. The highest BCUT2D eigenvalue weighted by atomic mass is 16.5. The Bertz CT molecular complexity index is 886. The summed E-state index contributed by atoms with van der Waals surface area (Å²) in [6.45, 7) is 10.9. The van der Waals surface area contributed by atoms with E-state index in [4.69, 9.17) is 4.74 Å². The molecule has 3 aromatic rings. The zero-order chi connectivity index (χ0) is 21.2. The summed E-state index contributed by atoms with van der Waals surface area (Å²) in [5, 5.41) is 4.14. The largest absolute Gasteiger partial charge is 0.489 e. The molecular weight excluding hydrogens is 360 g/mol. The lowest BCUT2D eigenvalue weighted by Crippen LogP contribution is -2.37. The number of nitrogens with one attached hydrogen (secondary N) is 2. The molecule has 0 aliphatic heterocycles. The molecule has 29 heavy (non-hydrogen) atoms. The van der Waals surface area contributed by atoms with E-state index in [2.05, 4.69) is 31.1 Å². The first kappa shape index (κ1) is 22.5. The Morgan fingerprint density at radius 1 is 1.10 bits per heavy atom. The molecule has 1 aromatic heterocycles. The summed E-state index contributed by atoms with van der Waals surface area (Å²) in [7, 11) is 0. The van der Waals surface area contributed by atoms with Gasteiger partial charge < -0.3 is 15.0 Å². The van der Waals surface area contributed by atoms with Crippen LogP contribution in [0.4, 0.5) is 0 Å². The molecule has 0 aliphatic carbocycles. The molecule has 2 aromatic carbocycles. The minimum absolute atomic E-state index is 0.0549. The Morgan fingerprint density at radius 2 is 1.83 bits per heavy atom. The van der Waals surface area contributed by atoms with Crippen molar-refractivity contribution >= 4 is 16.8 Å². The maximum Gasteiger partial charge on any atom is 0.224 e. The summed E-state index contributed by atoms with van der Waals surface area (Å²) in [6, 6.07) is 16.2. The summed E-state index contributed by atoms with van der Waals surface area (Å²) in [5.74, 6) is 1.33. The zero-order valence-electron chi connectivity index (χ0n) is 18.3. The van der Waals surface area contributed by atoms with Crippen LogP contribution in [0.15, 0.2) is 54.7 Å². The van der Waals surface area contributed by atoms with Gasteiger partial charge >= 0.3 is 0 Å². The van der Waals surface area contributed by atoms with Crippen molar-refractivity contribution in [2.45, 2.75) is 60.1 Å². The molecule has 2 atom stereocenters. The first-order chi connectivity index (χ1) is 14.1. The third-order valence-electron chi connectivity index (χ3n) is 5.22. The van der Waals surface area contributed by atoms with Gasteiger partial charge in [0.2, 0.25) is 5.91 Å². The van der Waals surface area contributed by atoms with Gasteiger partial charge in [-0.15, -0.1) is 0 Å². The molecule has 3 rings (SSSR count). The number of aromatic amines is 1. The smallest absolute Gasteiger partial charge is 0.224 e. The van der Waals surface area contributed by atoms with Crippen LogP contribution >= 0.6 is 0 Å². The van der Waals surface area contributed by atoms with Gasteiger partial charge in [-0.3, -0.25) is 4.79 Å². The fourth-order valence-corrected chi connectivity index (χ4v) is 3.11. The average Bonchev–Trinajstić information content (AvgIpc) is 3.15. The minimum Gasteiger partial charge on any atom is -0.489 e. The van der Waals surface area contributed by atoms with Crippen LogP contribution < -0.4 is 10.1 Å². The summed E-state index contributed by atoms with van der Waals surface area (Å²) in [5.41, 5.74) is 3.13. The second-order valence-electron chi connectivity index (χ2n) is 7.21. The van der Waals surface area contributed by atoms with E-state index in [0.29, 0.717) is 18.9 Å². The number of amides is 1. The second kappa shape index (κ2) is 11.3. The van der Waals surface area contributed by atoms with Crippen LogP contribution in [0.5, 0.6) is 5.75 Å². The topological polar surface area (TPSA) is 54.1 Å². The Morgan fingerprint density at radius 3 is 2.52 bits per heavy atom. The Kier molecular flexibility index (Phi) is 8.78. The van der Waals surface area contributed by atoms with E-state index in [1.54, 1.807) is 0 Å². The molecule has 0 aliphatic rings. The van der Waals surface area contributed by atoms with E-state index in [0.717, 1.165) is 34.2 Å². The van der Waals surface area contributed by atoms with Crippen LogP contribution in [0.1, 0.15) is 52.2 Å². The number of fused-ring (bicyclic) bond motifs is 1. The minimum atomic E-state index is 0.0549. The van der Waals surface area contributed by atoms with Gasteiger partial charge in [0.15, 0.2) is 0 Å². The normalized spacial score (nSPS) is 12.6. The fraction of sp³-hybridized carbons (Fsp3) is 0.400. The SMILES string of the molecule is CC.CC[C@H](C)C(C)NC(=O)Cc1c[nH]c2ccc(OCc3ccccc3)cc12. The van der Waals surface area contributed by atoms with Crippen LogP contribution in [0.3, 0.4) is 0 Å². The molecule has 4 heteroatoms. The van der Waals surface area contributed by atoms with E-state index in [-0.39, 0.29) is 11.9 Å². The molecule has 1 unspecified atom stereocenters. The Hall–Kier alpha value is -2.75. The Balaban J connectivity index is 0.00000145. The summed E-state index contributed by atoms with van der Waals surface area (Å²) < 4.78 is 5.93. The molecule has 0 saturated carbocycles. The third kappa shape index (κ3) is 6.38. The molecule has 1 heterocycles. The molecule has 156 valence electrons. The predicted octanol–water partition coefficient (Wildman–Crippen LogP) is 5.87. The van der Waals surface area contributed by atoms with Gasteiger partial charge in [-0.1, -0.05) is 64.4 Å². The molecule has 0 spiro atoms. The molecular formula is C25H34N2O2. The lowest BCUT2D eigenvalue weighted by atomic mass is 10.0. The van der Waals surface area contributed by atoms with Gasteiger partial charge in [-0.05, 0) is 42.2 Å². The highest BCUT2D eigenvalue weighted by Gasteiger charge is 2.15. The number of ether oxygens (including phenoxy) is 1. The number of benzene rings is 2. The molecule has 4 nitrogen and oxygen atoms in total. The number of carbonyl (C=O) groups excluding carboxylic acids is 1. The third-order valence-corrected chi connectivity index (χ3v) is 5.22. The molecule has 0 saturated heterocycles. The van der Waals surface area contributed by atoms with Crippen LogP contribution in [-0.2, 0) is 17.8 Å². The maximum atomic E-state index is 12.4. The number of rotatable bonds is 8. The monoisotopic (exact) mass is 394 g/mol. The lowest BCUT2D eigenvalue weighted by molar-refractivity contribution is -0.121. The van der Waals surface area contributed by atoms with Crippen molar-refractivity contribution in [2.75, 3.05) is 0 Å². The second-order valence-corrected chi connectivity index (χ2v) is 7.21. The number of hydrogen-bond acceptors (Lipinski definition) is 2. The summed E-state index contributed by atoms with van der Waals surface area (Å²) >= 11 is 0. The molecule has 0 bridgehead atoms. The predicted molar refractivity (Wildman–Crippen MR) is 121 cm³/mol. The molecule has 0 radical (unpaired) electrons. The van der Waals surface area contributed by atoms with Crippen LogP contribution in [0.2, 0.25) is 0 Å². The highest BCUT2D eigenvalue weighted by Crippen LogP contribution is 2.25. The van der Waals surface area contributed by atoms with Crippen molar-refractivity contribution in [1.29, 1.82) is 0 Å². The standard InChI is InChI=1S/C23H28N2O2.C2H6/c1-4-16(2)17(3)25-23(26)12-19-14-24-22-11-10-20(13-21(19)22)27-15-18-8-6-5-7-9-18;1-2/h5-11,13-14,16-17,24H,4,12,15H2,1-3H3,(H,25,26);1-2H3/t16-,17?;/m0./s1. The van der Waals surface area contributed by atoms with Crippen molar-refractivity contribution in [3.63, 3.8) is 0 Å². The molecule has 0 fully saturated rings. The van der Waals surface area contributed by atoms with E-state index in [1.807, 2.05) is 68.6 Å². The van der Waals surface area contributed by atoms with Gasteiger partial charge in [0.05, 0.1) is 6.42 Å². The van der Waals surface area contributed by atoms with E-state index < -0.39 is 0 Å². The maximum absolute atomic E-state index is 12.4. The van der Waals surface area contributed by atoms with Gasteiger partial charge in [0, 0.05) is 23.1 Å². The van der Waals surface area contributed by atoms with Gasteiger partial charge in [-0.25, -0.2) is 0 Å². The number of hydrogen-bond donors (Lipinski definition) is 2. The fourth-order valence-electron chi connectivity index (χ4n) is 3.11. The van der Waals surface area contributed by atoms with Gasteiger partial charge in [0.25, 0.3) is 0 Å². The van der Waals surface area contributed by atoms with Crippen LogP contribution in [0.25, 0.3) is 10.9 Å². The van der Waals surface area contributed by atoms with E-state index in [1.165, 1.54) is 0 Å². The van der Waals surface area contributed by atoms with Crippen molar-refractivity contribution < 1.29 is 9.53 Å². The number of aromatic nitrogens is 1. The van der Waals surface area contributed by atoms with E-state index >= 15 is 0 Å². The van der Waals surface area contributed by atoms with Gasteiger partial charge in [0.1, 0.15) is 12.4 Å². The summed E-state index contributed by atoms with van der Waals surface area (Å²) in [6.07, 6.45) is 3.33. The lowest BCUT2D eigenvalue weighted by Gasteiger charge is -2.19. The molecule has 1 amide bonds. The number of H-pyrrole nitrogens is 1. The van der Waals surface area contributed by atoms with Crippen molar-refractivity contribution in [3.05, 3.63) is 65.9 Å². The van der Waals surface area contributed by atoms with Crippen molar-refractivity contribution in [1.82, 2.24) is 10.3 Å². The van der Waals surface area contributed by atoms with Crippen molar-refractivity contribution in [2.24, 2.45) is 5.92 Å². The van der Waals surface area contributed by atoms with E-state index in [9.17, 15) is 4.79 Å². The summed E-state index contributed by atoms with van der Waals surface area (Å²) in [4.78, 5) is 15.7. The first-order valence-electron chi connectivity index (χ1n) is 10.6. The highest BCUT2D eigenvalue weighted by molar-refractivity contribution is 5.89. The van der Waals surface area contributed by atoms with Crippen LogP contribution in [-0.4, -0.2) is 16.9 Å². The van der Waals surface area contributed by atoms with Crippen molar-refractivity contribution in [3.8, 4) is 5.75 Å². The zero-order valence-corrected chi connectivity index (χ0v) is 18.3. The molecule has 2 N–H and O–H groups in total. The van der Waals surface area contributed by atoms with Crippen LogP contribution in [0, 0.1) is 5.92 Å². The Labute approximate surface area is 174 Å². The number of carbonyl (C=O) groups is 1. The first-order valence-corrected chi connectivity index (χ1v) is 10.6. The van der Waals surface area contributed by atoms with Gasteiger partial charge in [-0.2, -0.15) is 0 Å². The average molecular weight is 395 g/mol.